The van der Waals surface area contributed by atoms with Gasteiger partial charge in [-0.1, -0.05) is 18.2 Å². The summed E-state index contributed by atoms with van der Waals surface area (Å²) in [6.45, 7) is 0.569. The first-order chi connectivity index (χ1) is 12.4. The zero-order valence-electron chi connectivity index (χ0n) is 14.1. The Labute approximate surface area is 151 Å². The molecule has 1 saturated heterocycles. The van der Waals surface area contributed by atoms with Gasteiger partial charge in [-0.25, -0.2) is 8.42 Å². The number of sulfonamides is 1. The Hall–Kier alpha value is -2.49. The van der Waals surface area contributed by atoms with E-state index in [0.29, 0.717) is 5.75 Å². The van der Waals surface area contributed by atoms with Crippen molar-refractivity contribution in [1.29, 1.82) is 0 Å². The van der Waals surface area contributed by atoms with Gasteiger partial charge in [-0.05, 0) is 23.8 Å². The lowest BCUT2D eigenvalue weighted by Crippen LogP contribution is -2.42. The number of rotatable bonds is 5. The summed E-state index contributed by atoms with van der Waals surface area (Å²) in [5, 5.41) is 10.9. The van der Waals surface area contributed by atoms with Crippen molar-refractivity contribution >= 4 is 15.7 Å². The highest BCUT2D eigenvalue weighted by atomic mass is 32.2. The molecule has 1 aliphatic heterocycles. The maximum absolute atomic E-state index is 12.9. The second-order valence-electron chi connectivity index (χ2n) is 5.75. The van der Waals surface area contributed by atoms with E-state index in [1.165, 1.54) is 22.5 Å². The third-order valence-electron chi connectivity index (χ3n) is 4.18. The van der Waals surface area contributed by atoms with Crippen LogP contribution in [-0.4, -0.2) is 44.5 Å². The molecule has 1 heterocycles. The zero-order chi connectivity index (χ0) is 18.7. The molecular weight excluding hydrogens is 360 g/mol. The smallest absolute Gasteiger partial charge is 0.270 e. The maximum Gasteiger partial charge on any atom is 0.270 e. The van der Waals surface area contributed by atoms with E-state index in [9.17, 15) is 18.5 Å². The molecule has 0 amide bonds. The molecule has 1 atom stereocenters. The highest BCUT2D eigenvalue weighted by Gasteiger charge is 2.32. The van der Waals surface area contributed by atoms with E-state index in [2.05, 4.69) is 0 Å². The van der Waals surface area contributed by atoms with Crippen LogP contribution in [0.3, 0.4) is 0 Å². The van der Waals surface area contributed by atoms with Gasteiger partial charge in [0.25, 0.3) is 5.69 Å². The minimum atomic E-state index is -3.85. The molecule has 0 radical (unpaired) electrons. The lowest BCUT2D eigenvalue weighted by atomic mass is 10.1. The van der Waals surface area contributed by atoms with Crippen molar-refractivity contribution in [3.63, 3.8) is 0 Å². The molecule has 0 spiro atoms. The van der Waals surface area contributed by atoms with Gasteiger partial charge in [0.2, 0.25) is 10.0 Å². The van der Waals surface area contributed by atoms with Crippen LogP contribution in [0.15, 0.2) is 53.4 Å². The van der Waals surface area contributed by atoms with Crippen LogP contribution in [0.1, 0.15) is 11.7 Å². The van der Waals surface area contributed by atoms with E-state index in [4.69, 9.17) is 9.47 Å². The first-order valence-electron chi connectivity index (χ1n) is 7.92. The second kappa shape index (κ2) is 7.40. The molecule has 0 saturated carbocycles. The van der Waals surface area contributed by atoms with Gasteiger partial charge in [-0.2, -0.15) is 4.31 Å². The molecule has 1 aliphatic rings. The summed E-state index contributed by atoms with van der Waals surface area (Å²) < 4.78 is 37.9. The third kappa shape index (κ3) is 3.69. The standard InChI is InChI=1S/C17H18N2O6S/c1-24-15-7-5-13(6-8-15)17-12-18(9-10-25-17)26(22,23)16-4-2-3-14(11-16)19(20)21/h2-8,11,17H,9-10,12H2,1H3. The van der Waals surface area contributed by atoms with Crippen molar-refractivity contribution in [2.75, 3.05) is 26.8 Å². The average molecular weight is 378 g/mol. The van der Waals surface area contributed by atoms with E-state index in [1.54, 1.807) is 19.2 Å². The summed E-state index contributed by atoms with van der Waals surface area (Å²) in [6.07, 6.45) is -0.414. The predicted molar refractivity (Wildman–Crippen MR) is 93.5 cm³/mol. The van der Waals surface area contributed by atoms with Gasteiger partial charge in [0.1, 0.15) is 5.75 Å². The van der Waals surface area contributed by atoms with Crippen LogP contribution >= 0.6 is 0 Å². The SMILES string of the molecule is COc1ccc(C2CN(S(=O)(=O)c3cccc([N+](=O)[O-])c3)CCO2)cc1. The lowest BCUT2D eigenvalue weighted by Gasteiger charge is -2.32. The summed E-state index contributed by atoms with van der Waals surface area (Å²) >= 11 is 0. The molecule has 0 N–H and O–H groups in total. The fourth-order valence-electron chi connectivity index (χ4n) is 2.77. The summed E-state index contributed by atoms with van der Waals surface area (Å²) in [5.41, 5.74) is 0.579. The first-order valence-corrected chi connectivity index (χ1v) is 9.36. The molecule has 138 valence electrons. The molecular formula is C17H18N2O6S. The summed E-state index contributed by atoms with van der Waals surface area (Å²) in [4.78, 5) is 10.2. The molecule has 8 nitrogen and oxygen atoms in total. The fourth-order valence-corrected chi connectivity index (χ4v) is 4.24. The van der Waals surface area contributed by atoms with Gasteiger partial charge < -0.3 is 9.47 Å². The van der Waals surface area contributed by atoms with Crippen LogP contribution < -0.4 is 4.74 Å². The van der Waals surface area contributed by atoms with Crippen LogP contribution in [0.2, 0.25) is 0 Å². The van der Waals surface area contributed by atoms with E-state index in [0.717, 1.165) is 11.6 Å². The highest BCUT2D eigenvalue weighted by Crippen LogP contribution is 2.28. The van der Waals surface area contributed by atoms with Crippen molar-refractivity contribution in [2.45, 2.75) is 11.0 Å². The van der Waals surface area contributed by atoms with E-state index in [-0.39, 0.29) is 30.3 Å². The summed E-state index contributed by atoms with van der Waals surface area (Å²) in [5.74, 6) is 0.700. The van der Waals surface area contributed by atoms with E-state index >= 15 is 0 Å². The van der Waals surface area contributed by atoms with Crippen molar-refractivity contribution in [2.24, 2.45) is 0 Å². The minimum absolute atomic E-state index is 0.0953. The quantitative estimate of drug-likeness (QED) is 0.585. The first kappa shape index (κ1) is 18.3. The van der Waals surface area contributed by atoms with Gasteiger partial charge in [0, 0.05) is 25.2 Å². The van der Waals surface area contributed by atoms with Gasteiger partial charge in [-0.3, -0.25) is 10.1 Å². The van der Waals surface area contributed by atoms with Crippen molar-refractivity contribution in [3.05, 3.63) is 64.2 Å². The number of morpholine rings is 1. The molecule has 2 aromatic rings. The van der Waals surface area contributed by atoms with Crippen LogP contribution in [0.4, 0.5) is 5.69 Å². The van der Waals surface area contributed by atoms with Gasteiger partial charge in [-0.15, -0.1) is 0 Å². The van der Waals surface area contributed by atoms with Crippen LogP contribution in [0, 0.1) is 10.1 Å². The van der Waals surface area contributed by atoms with Crippen molar-refractivity contribution < 1.29 is 22.8 Å². The average Bonchev–Trinajstić information content (AvgIpc) is 2.68. The normalized spacial score (nSPS) is 18.4. The zero-order valence-corrected chi connectivity index (χ0v) is 14.9. The number of methoxy groups -OCH3 is 1. The summed E-state index contributed by atoms with van der Waals surface area (Å²) in [6, 6.07) is 12.3. The predicted octanol–water partition coefficient (Wildman–Crippen LogP) is 2.37. The Kier molecular flexibility index (Phi) is 5.21. The van der Waals surface area contributed by atoms with Crippen LogP contribution in [0.5, 0.6) is 5.75 Å². The molecule has 3 rings (SSSR count). The fraction of sp³-hybridized carbons (Fsp3) is 0.294. The second-order valence-corrected chi connectivity index (χ2v) is 7.69. The largest absolute Gasteiger partial charge is 0.497 e. The number of ether oxygens (including phenoxy) is 2. The van der Waals surface area contributed by atoms with Gasteiger partial charge >= 0.3 is 0 Å². The van der Waals surface area contributed by atoms with Crippen molar-refractivity contribution in [3.8, 4) is 5.75 Å². The number of nitro benzene ring substituents is 1. The number of nitrogens with zero attached hydrogens (tertiary/aromatic N) is 2. The molecule has 0 aliphatic carbocycles. The molecule has 1 fully saturated rings. The number of benzene rings is 2. The Balaban J connectivity index is 1.83. The van der Waals surface area contributed by atoms with E-state index in [1.807, 2.05) is 12.1 Å². The minimum Gasteiger partial charge on any atom is -0.497 e. The molecule has 0 bridgehead atoms. The number of nitro groups is 1. The third-order valence-corrected chi connectivity index (χ3v) is 6.04. The monoisotopic (exact) mass is 378 g/mol. The van der Waals surface area contributed by atoms with Crippen LogP contribution in [0.25, 0.3) is 0 Å². The Morgan fingerprint density at radius 2 is 1.96 bits per heavy atom. The maximum atomic E-state index is 12.9. The highest BCUT2D eigenvalue weighted by molar-refractivity contribution is 7.89. The number of hydrogen-bond donors (Lipinski definition) is 0. The Morgan fingerprint density at radius 3 is 2.62 bits per heavy atom. The molecule has 26 heavy (non-hydrogen) atoms. The molecule has 2 aromatic carbocycles. The number of non-ortho nitro benzene ring substituents is 1. The molecule has 1 unspecified atom stereocenters. The Bertz CT molecular complexity index is 898. The molecule has 9 heteroatoms. The molecule has 0 aromatic heterocycles. The lowest BCUT2D eigenvalue weighted by molar-refractivity contribution is -0.385. The van der Waals surface area contributed by atoms with Crippen LogP contribution in [-0.2, 0) is 14.8 Å². The van der Waals surface area contributed by atoms with Gasteiger partial charge in [0.05, 0.1) is 29.6 Å². The van der Waals surface area contributed by atoms with E-state index < -0.39 is 21.1 Å². The summed E-state index contributed by atoms with van der Waals surface area (Å²) in [7, 11) is -2.28. The van der Waals surface area contributed by atoms with Gasteiger partial charge in [0.15, 0.2) is 0 Å². The Morgan fingerprint density at radius 1 is 1.23 bits per heavy atom. The van der Waals surface area contributed by atoms with Crippen molar-refractivity contribution in [1.82, 2.24) is 4.31 Å². The number of hydrogen-bond acceptors (Lipinski definition) is 6. The topological polar surface area (TPSA) is 99.0 Å².